The van der Waals surface area contributed by atoms with Crippen LogP contribution < -0.4 is 0 Å². The molecule has 0 aliphatic rings. The molecule has 0 aliphatic heterocycles. The van der Waals surface area contributed by atoms with Crippen LogP contribution in [-0.4, -0.2) is 0 Å². The first-order valence-electron chi connectivity index (χ1n) is 2.57. The van der Waals surface area contributed by atoms with Crippen LogP contribution in [0.1, 0.15) is 27.2 Å². The van der Waals surface area contributed by atoms with Crippen LogP contribution >= 0.6 is 13.3 Å². The molecule has 0 nitrogen and oxygen atoms in total. The van der Waals surface area contributed by atoms with Crippen molar-refractivity contribution in [2.45, 2.75) is 27.2 Å². The molecule has 0 unspecified atom stereocenters. The van der Waals surface area contributed by atoms with E-state index >= 15 is 0 Å². The molecule has 0 N–H and O–H groups in total. The second-order valence-corrected chi connectivity index (χ2v) is 7.20. The van der Waals surface area contributed by atoms with E-state index in [1.54, 1.807) is 0 Å². The zero-order valence-electron chi connectivity index (χ0n) is 5.49. The predicted octanol–water partition coefficient (Wildman–Crippen LogP) is 2.77. The number of rotatable bonds is 0. The Bertz CT molecular complexity index is 113. The summed E-state index contributed by atoms with van der Waals surface area (Å²) in [5.41, 5.74) is 0.452. The summed E-state index contributed by atoms with van der Waals surface area (Å²) in [6.07, 6.45) is 1.14. The third-order valence-corrected chi connectivity index (χ3v) is 3.44. The first-order chi connectivity index (χ1) is 3.56. The second kappa shape index (κ2) is 3.88. The van der Waals surface area contributed by atoms with Gasteiger partial charge in [0.25, 0.3) is 0 Å². The fraction of sp³-hybridized carbons (Fsp3) is 0.833. The molecular formula is C6H11BrW. The Labute approximate surface area is 65.8 Å². The van der Waals surface area contributed by atoms with E-state index in [2.05, 4.69) is 38.3 Å². The van der Waals surface area contributed by atoms with Crippen molar-refractivity contribution in [1.29, 1.82) is 0 Å². The fourth-order valence-electron chi connectivity index (χ4n) is 0.244. The molecular weight excluding hydrogens is 336 g/mol. The second-order valence-electron chi connectivity index (χ2n) is 2.96. The topological polar surface area (TPSA) is 0 Å². The summed E-state index contributed by atoms with van der Waals surface area (Å²) < 4.78 is 3.37. The fourth-order valence-corrected chi connectivity index (χ4v) is 2.93. The summed E-state index contributed by atoms with van der Waals surface area (Å²) >= 11 is 3.15. The van der Waals surface area contributed by atoms with Crippen molar-refractivity contribution in [1.82, 2.24) is 0 Å². The van der Waals surface area contributed by atoms with Crippen molar-refractivity contribution in [3.05, 3.63) is 0 Å². The molecule has 2 heteroatoms. The van der Waals surface area contributed by atoms with Crippen LogP contribution in [0.4, 0.5) is 0 Å². The van der Waals surface area contributed by atoms with Gasteiger partial charge in [-0.05, 0) is 0 Å². The Morgan fingerprint density at radius 2 is 2.00 bits per heavy atom. The monoisotopic (exact) mass is 346 g/mol. The van der Waals surface area contributed by atoms with E-state index in [9.17, 15) is 0 Å². The first-order valence-corrected chi connectivity index (χ1v) is 10.4. The molecule has 0 rings (SSSR count). The molecule has 0 saturated carbocycles. The predicted molar refractivity (Wildman–Crippen MR) is 36.9 cm³/mol. The summed E-state index contributed by atoms with van der Waals surface area (Å²) in [5, 5.41) is 0. The Kier molecular flexibility index (Phi) is 4.34. The third kappa shape index (κ3) is 6.95. The van der Waals surface area contributed by atoms with Crippen molar-refractivity contribution in [3.63, 3.8) is 0 Å². The average molecular weight is 347 g/mol. The van der Waals surface area contributed by atoms with Crippen LogP contribution in [0.5, 0.6) is 0 Å². The minimum atomic E-state index is -0.303. The van der Waals surface area contributed by atoms with E-state index in [0.717, 1.165) is 6.42 Å². The summed E-state index contributed by atoms with van der Waals surface area (Å²) in [6, 6.07) is 0. The van der Waals surface area contributed by atoms with Crippen molar-refractivity contribution in [2.75, 3.05) is 0 Å². The molecule has 0 aromatic carbocycles. The van der Waals surface area contributed by atoms with Gasteiger partial charge in [-0.2, -0.15) is 0 Å². The van der Waals surface area contributed by atoms with Gasteiger partial charge in [-0.3, -0.25) is 0 Å². The van der Waals surface area contributed by atoms with Crippen molar-refractivity contribution < 1.29 is 15.8 Å². The van der Waals surface area contributed by atoms with Gasteiger partial charge in [-0.15, -0.1) is 0 Å². The molecule has 0 saturated heterocycles. The van der Waals surface area contributed by atoms with Crippen LogP contribution in [0.2, 0.25) is 0 Å². The van der Waals surface area contributed by atoms with E-state index < -0.39 is 0 Å². The summed E-state index contributed by atoms with van der Waals surface area (Å²) in [7, 11) is 0. The van der Waals surface area contributed by atoms with Crippen molar-refractivity contribution >= 4 is 13.3 Å². The van der Waals surface area contributed by atoms with Gasteiger partial charge in [-0.25, -0.2) is 0 Å². The molecule has 0 aliphatic carbocycles. The molecule has 0 spiro atoms. The van der Waals surface area contributed by atoms with Gasteiger partial charge >= 0.3 is 66.0 Å². The minimum absolute atomic E-state index is 0.303. The zero-order valence-corrected chi connectivity index (χ0v) is 10.0. The van der Waals surface area contributed by atoms with E-state index in [1.807, 2.05) is 0 Å². The van der Waals surface area contributed by atoms with Crippen LogP contribution in [0.15, 0.2) is 0 Å². The number of hydrogen-bond acceptors (Lipinski definition) is 0. The molecule has 0 bridgehead atoms. The molecule has 0 aromatic rings. The average Bonchev–Trinajstić information content (AvgIpc) is 1.59. The van der Waals surface area contributed by atoms with E-state index in [0.29, 0.717) is 5.41 Å². The Morgan fingerprint density at radius 3 is 2.12 bits per heavy atom. The molecule has 48 valence electrons. The van der Waals surface area contributed by atoms with Gasteiger partial charge < -0.3 is 0 Å². The van der Waals surface area contributed by atoms with Crippen LogP contribution in [0.25, 0.3) is 0 Å². The summed E-state index contributed by atoms with van der Waals surface area (Å²) in [5.74, 6) is 0. The molecule has 0 fully saturated rings. The molecule has 0 amide bonds. The van der Waals surface area contributed by atoms with Gasteiger partial charge in [0.2, 0.25) is 0 Å². The SMILES string of the molecule is CC(C)(C)C[C]#[W][Br]. The third-order valence-electron chi connectivity index (χ3n) is 0.657. The standard InChI is InChI=1S/C6H11.BrH.W/c1-5-6(2,3)4;;/h5H2,2-4H3;1H;/q;;+1/p-1. The van der Waals surface area contributed by atoms with E-state index in [-0.39, 0.29) is 15.8 Å². The van der Waals surface area contributed by atoms with Crippen molar-refractivity contribution in [2.24, 2.45) is 5.41 Å². The van der Waals surface area contributed by atoms with Gasteiger partial charge in [-0.1, -0.05) is 0 Å². The van der Waals surface area contributed by atoms with Crippen LogP contribution in [0, 0.1) is 9.62 Å². The van der Waals surface area contributed by atoms with Gasteiger partial charge in [0.05, 0.1) is 0 Å². The Hall–Kier alpha value is 0.948. The quantitative estimate of drug-likeness (QED) is 0.632. The zero-order chi connectivity index (χ0) is 6.62. The first kappa shape index (κ1) is 8.95. The molecule has 0 atom stereocenters. The van der Waals surface area contributed by atoms with Crippen molar-refractivity contribution in [3.8, 4) is 4.20 Å². The Morgan fingerprint density at radius 1 is 1.50 bits per heavy atom. The van der Waals surface area contributed by atoms with Gasteiger partial charge in [0, 0.05) is 0 Å². The van der Waals surface area contributed by atoms with Gasteiger partial charge in [0.1, 0.15) is 0 Å². The number of hydrogen-bond donors (Lipinski definition) is 0. The van der Waals surface area contributed by atoms with E-state index in [1.165, 1.54) is 0 Å². The summed E-state index contributed by atoms with van der Waals surface area (Å²) in [6.45, 7) is 6.71. The number of halogens is 1. The van der Waals surface area contributed by atoms with E-state index in [4.69, 9.17) is 0 Å². The maximum absolute atomic E-state index is 3.46. The van der Waals surface area contributed by atoms with Crippen LogP contribution in [0.3, 0.4) is 0 Å². The molecule has 0 radical (unpaired) electrons. The van der Waals surface area contributed by atoms with Gasteiger partial charge in [0.15, 0.2) is 0 Å². The molecule has 0 aromatic heterocycles. The van der Waals surface area contributed by atoms with Crippen LogP contribution in [-0.2, 0) is 15.8 Å². The Balaban J connectivity index is 3.50. The maximum atomic E-state index is 3.46. The molecule has 0 heterocycles. The molecule has 8 heavy (non-hydrogen) atoms. The summed E-state index contributed by atoms with van der Waals surface area (Å²) in [4.78, 5) is 0. The normalized spacial score (nSPS) is 10.5.